The molecule has 10 heteroatoms. The van der Waals surface area contributed by atoms with Gasteiger partial charge < -0.3 is 14.4 Å². The molecule has 0 amide bonds. The van der Waals surface area contributed by atoms with Crippen LogP contribution in [-0.2, 0) is 43.6 Å². The quantitative estimate of drug-likeness (QED) is 0.0278. The van der Waals surface area contributed by atoms with Gasteiger partial charge in [0, 0.05) is 12.8 Å². The number of esters is 2. The Morgan fingerprint density at radius 2 is 0.738 bits per heavy atom. The van der Waals surface area contributed by atoms with Gasteiger partial charge in [-0.15, -0.1) is 0 Å². The van der Waals surface area contributed by atoms with Gasteiger partial charge in [0.05, 0.1) is 19.1 Å². The van der Waals surface area contributed by atoms with Crippen molar-refractivity contribution in [3.63, 3.8) is 0 Å². The average molecular weight is 906 g/mol. The summed E-state index contributed by atoms with van der Waals surface area (Å²) in [7, 11) is -4.27. The second-order valence-corrected chi connectivity index (χ2v) is 22.1. The number of rotatable bonds is 50. The molecule has 0 radical (unpaired) electrons. The Labute approximate surface area is 381 Å². The number of phosphoric ester groups is 1. The molecule has 0 heterocycles. The zero-order valence-electron chi connectivity index (χ0n) is 40.9. The van der Waals surface area contributed by atoms with Crippen LogP contribution in [0.1, 0.15) is 271 Å². The summed E-state index contributed by atoms with van der Waals surface area (Å²) in [5.41, 5.74) is 0. The normalized spacial score (nSPS) is 13.1. The summed E-state index contributed by atoms with van der Waals surface area (Å²) >= 11 is 0. The molecule has 0 aromatic rings. The molecule has 0 spiro atoms. The zero-order valence-corrected chi connectivity index (χ0v) is 42.6. The van der Waals surface area contributed by atoms with E-state index in [9.17, 15) is 19.0 Å². The molecule has 1 unspecified atom stereocenters. The molecule has 61 heavy (non-hydrogen) atoms. The molecule has 8 nitrogen and oxygen atoms in total. The van der Waals surface area contributed by atoms with Crippen LogP contribution in [0.3, 0.4) is 0 Å². The molecule has 364 valence electrons. The lowest BCUT2D eigenvalue weighted by Gasteiger charge is -2.19. The molecular weight excluding hydrogens is 804 g/mol. The van der Waals surface area contributed by atoms with Gasteiger partial charge in [-0.05, 0) is 23.7 Å². The van der Waals surface area contributed by atoms with Gasteiger partial charge in [0.25, 0.3) is 0 Å². The molecular formula is C51H102O8PS+. The Balaban J connectivity index is 4.11. The highest BCUT2D eigenvalue weighted by atomic mass is 32.2. The fourth-order valence-corrected chi connectivity index (χ4v) is 9.14. The maximum Gasteiger partial charge on any atom is 0.472 e. The Morgan fingerprint density at radius 3 is 1.05 bits per heavy atom. The summed E-state index contributed by atoms with van der Waals surface area (Å²) in [6.45, 7) is 4.06. The summed E-state index contributed by atoms with van der Waals surface area (Å²) in [4.78, 5) is 35.4. The van der Waals surface area contributed by atoms with E-state index >= 15 is 0 Å². The second kappa shape index (κ2) is 47.4. The van der Waals surface area contributed by atoms with Crippen LogP contribution < -0.4 is 0 Å². The lowest BCUT2D eigenvalue weighted by atomic mass is 10.0. The number of hydrogen-bond donors (Lipinski definition) is 1. The maximum atomic E-state index is 12.7. The van der Waals surface area contributed by atoms with Crippen molar-refractivity contribution in [1.82, 2.24) is 0 Å². The van der Waals surface area contributed by atoms with E-state index < -0.39 is 19.9 Å². The van der Waals surface area contributed by atoms with Gasteiger partial charge in [-0.3, -0.25) is 18.6 Å². The largest absolute Gasteiger partial charge is 0.472 e. The standard InChI is InChI=1S/C51H101O8PS/c1-5-7-9-11-13-15-17-19-21-23-25-27-29-31-33-35-37-39-41-43-50(52)56-47-49(48-58-60(54,55)57-45-46-61(3)4)59-51(53)44-42-40-38-36-34-32-30-28-26-24-22-20-18-16-14-12-10-8-6-2/h49H,5-48H2,1-4H3/p+1/t49-/m1/s1. The number of ether oxygens (including phenoxy) is 2. The van der Waals surface area contributed by atoms with E-state index in [1.54, 1.807) is 0 Å². The van der Waals surface area contributed by atoms with Crippen molar-refractivity contribution >= 4 is 30.7 Å². The molecule has 0 rings (SSSR count). The Hall–Kier alpha value is -0.600. The molecule has 0 aromatic carbocycles. The summed E-state index contributed by atoms with van der Waals surface area (Å²) in [5, 5.41) is 0. The van der Waals surface area contributed by atoms with Gasteiger partial charge >= 0.3 is 19.8 Å². The Morgan fingerprint density at radius 1 is 0.443 bits per heavy atom. The Kier molecular flexibility index (Phi) is 46.9. The van der Waals surface area contributed by atoms with Crippen molar-refractivity contribution in [2.45, 2.75) is 277 Å². The number of carbonyl (C=O) groups is 2. The molecule has 0 bridgehead atoms. The molecule has 0 aliphatic rings. The topological polar surface area (TPSA) is 108 Å². The average Bonchev–Trinajstić information content (AvgIpc) is 3.23. The summed E-state index contributed by atoms with van der Waals surface area (Å²) in [5.74, 6) is -0.124. The predicted octanol–water partition coefficient (Wildman–Crippen LogP) is 16.1. The lowest BCUT2D eigenvalue weighted by molar-refractivity contribution is -0.161. The first-order valence-corrected chi connectivity index (χ1v) is 29.9. The fraction of sp³-hybridized carbons (Fsp3) is 0.961. The number of hydrogen-bond acceptors (Lipinski definition) is 7. The second-order valence-electron chi connectivity index (χ2n) is 18.3. The van der Waals surface area contributed by atoms with Crippen molar-refractivity contribution in [2.24, 2.45) is 0 Å². The van der Waals surface area contributed by atoms with Gasteiger partial charge in [0.15, 0.2) is 6.10 Å². The van der Waals surface area contributed by atoms with Crippen LogP contribution in [0, 0.1) is 0 Å². The van der Waals surface area contributed by atoms with Gasteiger partial charge in [0.1, 0.15) is 19.0 Å². The van der Waals surface area contributed by atoms with Crippen molar-refractivity contribution in [1.29, 1.82) is 0 Å². The van der Waals surface area contributed by atoms with E-state index in [1.807, 2.05) is 12.5 Å². The smallest absolute Gasteiger partial charge is 0.462 e. The molecule has 0 saturated heterocycles. The highest BCUT2D eigenvalue weighted by Crippen LogP contribution is 2.43. The molecule has 0 aromatic heterocycles. The van der Waals surface area contributed by atoms with Gasteiger partial charge in [-0.25, -0.2) is 4.57 Å². The molecule has 0 aliphatic carbocycles. The third kappa shape index (κ3) is 48.7. The van der Waals surface area contributed by atoms with Gasteiger partial charge in [-0.1, -0.05) is 245 Å². The van der Waals surface area contributed by atoms with Crippen molar-refractivity contribution in [3.8, 4) is 0 Å². The maximum absolute atomic E-state index is 12.7. The van der Waals surface area contributed by atoms with Crippen LogP contribution >= 0.6 is 7.82 Å². The fourth-order valence-electron chi connectivity index (χ4n) is 7.85. The molecule has 0 aliphatic heterocycles. The van der Waals surface area contributed by atoms with Crippen LogP contribution in [0.2, 0.25) is 0 Å². The molecule has 1 N–H and O–H groups in total. The molecule has 2 atom stereocenters. The third-order valence-corrected chi connectivity index (χ3v) is 13.8. The van der Waals surface area contributed by atoms with E-state index in [1.165, 1.54) is 205 Å². The third-order valence-electron chi connectivity index (χ3n) is 11.9. The van der Waals surface area contributed by atoms with E-state index in [-0.39, 0.29) is 43.1 Å². The van der Waals surface area contributed by atoms with E-state index in [0.29, 0.717) is 12.2 Å². The predicted molar refractivity (Wildman–Crippen MR) is 263 cm³/mol. The van der Waals surface area contributed by atoms with Crippen LogP contribution in [0.5, 0.6) is 0 Å². The van der Waals surface area contributed by atoms with Crippen molar-refractivity contribution in [2.75, 3.05) is 38.1 Å². The molecule has 0 fully saturated rings. The van der Waals surface area contributed by atoms with Crippen molar-refractivity contribution in [3.05, 3.63) is 0 Å². The van der Waals surface area contributed by atoms with E-state index in [2.05, 4.69) is 13.8 Å². The van der Waals surface area contributed by atoms with E-state index in [0.717, 1.165) is 38.5 Å². The zero-order chi connectivity index (χ0) is 44.8. The molecule has 0 saturated carbocycles. The minimum Gasteiger partial charge on any atom is -0.462 e. The first-order chi connectivity index (χ1) is 29.7. The number of unbranched alkanes of at least 4 members (excludes halogenated alkanes) is 36. The van der Waals surface area contributed by atoms with Crippen LogP contribution in [0.4, 0.5) is 0 Å². The SMILES string of the molecule is CCCCCCCCCCCCCCCCCCCCCC(=O)OC[C@H](COP(=O)(O)OCC[S+](C)C)OC(=O)CCCCCCCCCCCCCCCCCCCCC. The monoisotopic (exact) mass is 906 g/mol. The van der Waals surface area contributed by atoms with Crippen LogP contribution in [0.25, 0.3) is 0 Å². The highest BCUT2D eigenvalue weighted by Gasteiger charge is 2.26. The van der Waals surface area contributed by atoms with Crippen molar-refractivity contribution < 1.29 is 37.6 Å². The minimum atomic E-state index is -4.33. The summed E-state index contributed by atoms with van der Waals surface area (Å²) < 4.78 is 33.8. The minimum absolute atomic E-state index is 0.0589. The summed E-state index contributed by atoms with van der Waals surface area (Å²) in [6.07, 6.45) is 52.8. The first-order valence-electron chi connectivity index (χ1n) is 26.2. The first kappa shape index (κ1) is 60.4. The van der Waals surface area contributed by atoms with Gasteiger partial charge in [-0.2, -0.15) is 0 Å². The number of carbonyl (C=O) groups excluding carboxylic acids is 2. The van der Waals surface area contributed by atoms with Crippen LogP contribution in [0.15, 0.2) is 0 Å². The lowest BCUT2D eigenvalue weighted by Crippen LogP contribution is -2.29. The number of phosphoric acid groups is 1. The summed E-state index contributed by atoms with van der Waals surface area (Å²) in [6, 6.07) is 0. The van der Waals surface area contributed by atoms with Crippen LogP contribution in [-0.4, -0.2) is 61.0 Å². The Bertz CT molecular complexity index is 982. The highest BCUT2D eigenvalue weighted by molar-refractivity contribution is 7.95. The van der Waals surface area contributed by atoms with Gasteiger partial charge in [0.2, 0.25) is 0 Å². The van der Waals surface area contributed by atoms with E-state index in [4.69, 9.17) is 18.5 Å².